The Morgan fingerprint density at radius 2 is 0.543 bits per heavy atom. The second-order valence-corrected chi connectivity index (χ2v) is 31.1. The van der Waals surface area contributed by atoms with Crippen LogP contribution in [-0.4, -0.2) is 96.7 Å². The number of carbonyl (C=O) groups excluding carboxylic acids is 4. The summed E-state index contributed by atoms with van der Waals surface area (Å²) in [7, 11) is -9.90. The van der Waals surface area contributed by atoms with Crippen LogP contribution in [0, 0.1) is 17.8 Å². The van der Waals surface area contributed by atoms with Gasteiger partial charge in [0, 0.05) is 25.7 Å². The summed E-state index contributed by atoms with van der Waals surface area (Å²) >= 11 is 0. The third-order valence-corrected chi connectivity index (χ3v) is 19.6. The van der Waals surface area contributed by atoms with Gasteiger partial charge in [-0.3, -0.25) is 37.3 Å². The van der Waals surface area contributed by atoms with Gasteiger partial charge < -0.3 is 33.8 Å². The van der Waals surface area contributed by atoms with E-state index in [4.69, 9.17) is 37.0 Å². The molecule has 0 bridgehead atoms. The predicted octanol–water partition coefficient (Wildman–Crippen LogP) is 21.8. The Morgan fingerprint density at radius 1 is 0.309 bits per heavy atom. The minimum Gasteiger partial charge on any atom is -0.462 e. The number of aliphatic hydroxyl groups excluding tert-OH is 1. The van der Waals surface area contributed by atoms with Crippen LogP contribution < -0.4 is 0 Å². The predicted molar refractivity (Wildman–Crippen MR) is 381 cm³/mol. The number of hydrogen-bond acceptors (Lipinski definition) is 15. The van der Waals surface area contributed by atoms with Crippen LogP contribution in [0.4, 0.5) is 0 Å². The highest BCUT2D eigenvalue weighted by atomic mass is 31.2. The van der Waals surface area contributed by atoms with E-state index in [-0.39, 0.29) is 25.7 Å². The van der Waals surface area contributed by atoms with Gasteiger partial charge in [-0.15, -0.1) is 0 Å². The SMILES string of the molecule is CCCCCCCCCC(=O)OC[C@H](COP(=O)(O)OC[C@H](O)COP(=O)(O)OC[C@@H](COC(=O)CCCCCCCCCCCCCCCC(C)C)OC(=O)CCCCCCCCCCCCCCCCCCCCC(C)C)OC(=O)CCCCCCCCC(C)CC. The number of ether oxygens (including phenoxy) is 4. The molecule has 0 saturated heterocycles. The molecule has 19 heteroatoms. The molecular weight excluding hydrogens is 1230 g/mol. The number of unbranched alkanes of at least 4 members (excludes halogenated alkanes) is 40. The molecule has 17 nitrogen and oxygen atoms in total. The fourth-order valence-electron chi connectivity index (χ4n) is 11.4. The first-order valence-electron chi connectivity index (χ1n) is 38.9. The Hall–Kier alpha value is -1.94. The van der Waals surface area contributed by atoms with Crippen molar-refractivity contribution in [1.29, 1.82) is 0 Å². The van der Waals surface area contributed by atoms with E-state index >= 15 is 0 Å². The summed E-state index contributed by atoms with van der Waals surface area (Å²) in [6, 6.07) is 0. The zero-order chi connectivity index (χ0) is 69.4. The van der Waals surface area contributed by atoms with E-state index in [0.717, 1.165) is 120 Å². The molecule has 0 aliphatic rings. The first-order chi connectivity index (χ1) is 45.3. The number of rotatable bonds is 73. The Bertz CT molecular complexity index is 1840. The van der Waals surface area contributed by atoms with Crippen LogP contribution in [0.25, 0.3) is 0 Å². The minimum atomic E-state index is -4.96. The van der Waals surface area contributed by atoms with Crippen molar-refractivity contribution in [3.63, 3.8) is 0 Å². The number of aliphatic hydroxyl groups is 1. The normalized spacial score (nSPS) is 14.4. The molecule has 94 heavy (non-hydrogen) atoms. The Morgan fingerprint density at radius 3 is 0.809 bits per heavy atom. The Labute approximate surface area is 575 Å². The lowest BCUT2D eigenvalue weighted by Crippen LogP contribution is -2.30. The largest absolute Gasteiger partial charge is 0.472 e. The van der Waals surface area contributed by atoms with Gasteiger partial charge in [0.15, 0.2) is 12.2 Å². The average molecular weight is 1380 g/mol. The molecule has 0 aromatic heterocycles. The lowest BCUT2D eigenvalue weighted by Gasteiger charge is -2.21. The van der Waals surface area contributed by atoms with Crippen molar-refractivity contribution in [3.8, 4) is 0 Å². The first kappa shape index (κ1) is 92.1. The van der Waals surface area contributed by atoms with Gasteiger partial charge in [0.2, 0.25) is 0 Å². The van der Waals surface area contributed by atoms with Crippen molar-refractivity contribution in [2.24, 2.45) is 17.8 Å². The minimum absolute atomic E-state index is 0.103. The van der Waals surface area contributed by atoms with E-state index in [2.05, 4.69) is 48.5 Å². The molecular formula is C75H146O17P2. The van der Waals surface area contributed by atoms with E-state index in [1.807, 2.05) is 0 Å². The van der Waals surface area contributed by atoms with Gasteiger partial charge in [-0.1, -0.05) is 331 Å². The molecule has 0 saturated carbocycles. The van der Waals surface area contributed by atoms with Gasteiger partial charge in [0.25, 0.3) is 0 Å². The summed E-state index contributed by atoms with van der Waals surface area (Å²) in [5.41, 5.74) is 0. The highest BCUT2D eigenvalue weighted by molar-refractivity contribution is 7.47. The summed E-state index contributed by atoms with van der Waals surface area (Å²) in [5.74, 6) is 0.205. The molecule has 3 N–H and O–H groups in total. The van der Waals surface area contributed by atoms with Gasteiger partial charge >= 0.3 is 39.5 Å². The maximum absolute atomic E-state index is 13.1. The van der Waals surface area contributed by atoms with Crippen molar-refractivity contribution in [3.05, 3.63) is 0 Å². The van der Waals surface area contributed by atoms with Crippen molar-refractivity contribution in [1.82, 2.24) is 0 Å². The average Bonchev–Trinajstić information content (AvgIpc) is 1.60. The molecule has 0 fully saturated rings. The van der Waals surface area contributed by atoms with E-state index in [9.17, 15) is 43.2 Å². The third-order valence-electron chi connectivity index (χ3n) is 17.7. The second-order valence-electron chi connectivity index (χ2n) is 28.2. The zero-order valence-corrected chi connectivity index (χ0v) is 63.2. The fourth-order valence-corrected chi connectivity index (χ4v) is 13.0. The molecule has 0 spiro atoms. The van der Waals surface area contributed by atoms with Gasteiger partial charge in [-0.25, -0.2) is 9.13 Å². The number of esters is 4. The number of phosphoric acid groups is 2. The molecule has 558 valence electrons. The quantitative estimate of drug-likeness (QED) is 0.0222. The molecule has 0 heterocycles. The van der Waals surface area contributed by atoms with Crippen molar-refractivity contribution >= 4 is 39.5 Å². The van der Waals surface area contributed by atoms with Gasteiger partial charge in [0.05, 0.1) is 26.4 Å². The Kier molecular flexibility index (Phi) is 64.3. The van der Waals surface area contributed by atoms with Crippen LogP contribution in [0.1, 0.15) is 382 Å². The van der Waals surface area contributed by atoms with E-state index < -0.39 is 97.5 Å². The lowest BCUT2D eigenvalue weighted by atomic mass is 10.00. The number of hydrogen-bond donors (Lipinski definition) is 3. The molecule has 0 radical (unpaired) electrons. The van der Waals surface area contributed by atoms with Crippen molar-refractivity contribution < 1.29 is 80.2 Å². The highest BCUT2D eigenvalue weighted by Crippen LogP contribution is 2.45. The fraction of sp³-hybridized carbons (Fsp3) is 0.947. The standard InChI is InChI=1S/C75H146O17P2/c1-8-10-11-12-32-42-49-56-72(77)85-62-71(92-75(80)59-52-45-38-37-41-48-55-68(7)9-2)65-90-94(83,84)88-61-69(76)60-87-93(81,82)89-64-70(63-86-73(78)57-50-43-35-30-26-23-19-21-25-29-34-40-47-54-67(5)6)91-74(79)58-51-44-36-31-27-22-18-16-14-13-15-17-20-24-28-33-39-46-53-66(3)4/h66-71,76H,8-65H2,1-7H3,(H,81,82)(H,83,84)/t68?,69-,70-,71-/m1/s1. The molecule has 0 aliphatic carbocycles. The monoisotopic (exact) mass is 1380 g/mol. The van der Waals surface area contributed by atoms with E-state index in [1.165, 1.54) is 180 Å². The Balaban J connectivity index is 5.16. The lowest BCUT2D eigenvalue weighted by molar-refractivity contribution is -0.161. The van der Waals surface area contributed by atoms with Gasteiger partial charge in [-0.05, 0) is 43.4 Å². The molecule has 0 aliphatic heterocycles. The van der Waals surface area contributed by atoms with Crippen LogP contribution in [0.5, 0.6) is 0 Å². The summed E-state index contributed by atoms with van der Waals surface area (Å²) in [6.07, 6.45) is 51.7. The molecule has 6 atom stereocenters. The molecule has 0 aromatic carbocycles. The van der Waals surface area contributed by atoms with Gasteiger partial charge in [0.1, 0.15) is 19.3 Å². The topological polar surface area (TPSA) is 237 Å². The number of carbonyl (C=O) groups is 4. The first-order valence-corrected chi connectivity index (χ1v) is 41.9. The second kappa shape index (κ2) is 65.7. The van der Waals surface area contributed by atoms with Crippen molar-refractivity contribution in [2.45, 2.75) is 401 Å². The molecule has 0 aromatic rings. The summed E-state index contributed by atoms with van der Waals surface area (Å²) in [6.45, 7) is 11.8. The summed E-state index contributed by atoms with van der Waals surface area (Å²) in [5, 5.41) is 10.6. The van der Waals surface area contributed by atoms with Crippen LogP contribution in [0.3, 0.4) is 0 Å². The molecule has 3 unspecified atom stereocenters. The van der Waals surface area contributed by atoms with Gasteiger partial charge in [-0.2, -0.15) is 0 Å². The van der Waals surface area contributed by atoms with Crippen LogP contribution in [0.2, 0.25) is 0 Å². The van der Waals surface area contributed by atoms with Crippen LogP contribution in [-0.2, 0) is 65.4 Å². The van der Waals surface area contributed by atoms with Crippen LogP contribution in [0.15, 0.2) is 0 Å². The van der Waals surface area contributed by atoms with E-state index in [1.54, 1.807) is 0 Å². The maximum Gasteiger partial charge on any atom is 0.472 e. The zero-order valence-electron chi connectivity index (χ0n) is 61.4. The van der Waals surface area contributed by atoms with Crippen molar-refractivity contribution in [2.75, 3.05) is 39.6 Å². The molecule has 0 rings (SSSR count). The maximum atomic E-state index is 13.1. The smallest absolute Gasteiger partial charge is 0.462 e. The highest BCUT2D eigenvalue weighted by Gasteiger charge is 2.30. The molecule has 0 amide bonds. The van der Waals surface area contributed by atoms with E-state index in [0.29, 0.717) is 25.7 Å². The summed E-state index contributed by atoms with van der Waals surface area (Å²) in [4.78, 5) is 72.6. The number of phosphoric ester groups is 2. The van der Waals surface area contributed by atoms with Crippen LogP contribution >= 0.6 is 15.6 Å². The summed E-state index contributed by atoms with van der Waals surface area (Å²) < 4.78 is 68.3. The third kappa shape index (κ3) is 67.3.